The third kappa shape index (κ3) is 5.52. The molecule has 0 unspecified atom stereocenters. The third-order valence-corrected chi connectivity index (χ3v) is 9.81. The Morgan fingerprint density at radius 1 is 1.13 bits per heavy atom. The van der Waals surface area contributed by atoms with Crippen LogP contribution in [0, 0.1) is 28.6 Å². The Morgan fingerprint density at radius 3 is 2.38 bits per heavy atom. The summed E-state index contributed by atoms with van der Waals surface area (Å²) in [5.41, 5.74) is -3.14. The molecular formula is C25H34NaO12P. The van der Waals surface area contributed by atoms with E-state index in [4.69, 9.17) is 14.5 Å². The Morgan fingerprint density at radius 2 is 1.77 bits per heavy atom. The van der Waals surface area contributed by atoms with Crippen molar-refractivity contribution in [2.75, 3.05) is 6.61 Å². The van der Waals surface area contributed by atoms with Gasteiger partial charge in [-0.1, -0.05) is 12.5 Å². The fraction of sp³-hybridized carbons (Fsp3) is 0.680. The number of hydrogen-bond acceptors (Lipinski definition) is 10. The molecule has 3 fully saturated rings. The molecule has 12 nitrogen and oxygen atoms in total. The third-order valence-electron chi connectivity index (χ3n) is 9.37. The molecule has 0 heterocycles. The summed E-state index contributed by atoms with van der Waals surface area (Å²) in [4.78, 5) is 66.7. The van der Waals surface area contributed by atoms with Crippen molar-refractivity contribution in [3.05, 3.63) is 23.5 Å². The van der Waals surface area contributed by atoms with Gasteiger partial charge in [0.15, 0.2) is 11.6 Å². The SMILES string of the molecule is C[C@@]12C(=CC(=O)C=C1OC(=O)CCC(=O)OP(=O)(O)O)CC[C@@H]1[C@@H]2[C@@H](O)C[C@@]2(C)[C@H]1CC[C@]2(O)C(=O)CO.[H-].[Na+]. The van der Waals surface area contributed by atoms with Crippen LogP contribution in [0.2, 0.25) is 0 Å². The predicted molar refractivity (Wildman–Crippen MR) is 129 cm³/mol. The first-order chi connectivity index (χ1) is 17.6. The molecule has 0 saturated heterocycles. The minimum absolute atomic E-state index is 0. The number of ether oxygens (including phenoxy) is 1. The van der Waals surface area contributed by atoms with Gasteiger partial charge < -0.3 is 26.0 Å². The predicted octanol–water partition coefficient (Wildman–Crippen LogP) is -2.04. The molecular weight excluding hydrogens is 546 g/mol. The molecule has 39 heavy (non-hydrogen) atoms. The summed E-state index contributed by atoms with van der Waals surface area (Å²) in [5.74, 6) is -4.17. The second kappa shape index (κ2) is 11.2. The van der Waals surface area contributed by atoms with Crippen molar-refractivity contribution in [3.8, 4) is 0 Å². The Kier molecular flexibility index (Phi) is 9.30. The smallest absolute Gasteiger partial charge is 1.00 e. The van der Waals surface area contributed by atoms with E-state index in [0.29, 0.717) is 24.8 Å². The van der Waals surface area contributed by atoms with Crippen LogP contribution in [0.5, 0.6) is 0 Å². The first kappa shape index (κ1) is 32.3. The number of phosphoric acid groups is 1. The van der Waals surface area contributed by atoms with E-state index in [1.807, 2.05) is 0 Å². The first-order valence-corrected chi connectivity index (χ1v) is 14.1. The van der Waals surface area contributed by atoms with Gasteiger partial charge in [0.2, 0.25) is 0 Å². The summed E-state index contributed by atoms with van der Waals surface area (Å²) in [6, 6.07) is 0. The summed E-state index contributed by atoms with van der Waals surface area (Å²) in [7, 11) is -5.06. The van der Waals surface area contributed by atoms with Crippen molar-refractivity contribution >= 4 is 31.3 Å². The summed E-state index contributed by atoms with van der Waals surface area (Å²) in [6.45, 7) is 2.73. The number of allylic oxidation sites excluding steroid dienone is 3. The van der Waals surface area contributed by atoms with Crippen LogP contribution in [0.4, 0.5) is 0 Å². The van der Waals surface area contributed by atoms with Crippen molar-refractivity contribution in [3.63, 3.8) is 0 Å². The van der Waals surface area contributed by atoms with E-state index >= 15 is 0 Å². The average molecular weight is 580 g/mol. The van der Waals surface area contributed by atoms with Gasteiger partial charge in [0.05, 0.1) is 24.4 Å². The maximum absolute atomic E-state index is 12.6. The van der Waals surface area contributed by atoms with Crippen LogP contribution in [-0.4, -0.2) is 66.9 Å². The number of carbonyl (C=O) groups is 4. The quantitative estimate of drug-likeness (QED) is 0.126. The Balaban J connectivity index is 0.00000280. The van der Waals surface area contributed by atoms with Crippen LogP contribution in [0.15, 0.2) is 23.5 Å². The minimum atomic E-state index is -5.06. The number of fused-ring (bicyclic) bond motifs is 5. The molecule has 0 bridgehead atoms. The van der Waals surface area contributed by atoms with Gasteiger partial charge in [-0.2, -0.15) is 0 Å². The first-order valence-electron chi connectivity index (χ1n) is 12.6. The van der Waals surface area contributed by atoms with Crippen LogP contribution in [0.25, 0.3) is 0 Å². The van der Waals surface area contributed by atoms with Crippen LogP contribution in [0.1, 0.15) is 60.2 Å². The summed E-state index contributed by atoms with van der Waals surface area (Å²) in [5, 5.41) is 32.4. The van der Waals surface area contributed by atoms with E-state index in [1.54, 1.807) is 13.8 Å². The Hall–Kier alpha value is -1.21. The summed E-state index contributed by atoms with van der Waals surface area (Å²) < 4.78 is 20.3. The molecule has 7 atom stereocenters. The van der Waals surface area contributed by atoms with Crippen LogP contribution >= 0.6 is 7.82 Å². The molecule has 0 aliphatic heterocycles. The van der Waals surface area contributed by atoms with Crippen LogP contribution in [0.3, 0.4) is 0 Å². The molecule has 0 aromatic carbocycles. The second-order valence-corrected chi connectivity index (χ2v) is 12.4. The molecule has 0 aromatic rings. The van der Waals surface area contributed by atoms with Gasteiger partial charge in [-0.25, -0.2) is 4.57 Å². The number of aliphatic hydroxyl groups excluding tert-OH is 2. The monoisotopic (exact) mass is 580 g/mol. The second-order valence-electron chi connectivity index (χ2n) is 11.2. The fourth-order valence-electron chi connectivity index (χ4n) is 7.69. The standard InChI is InChI=1S/C25H33O12P.Na.H/c1-23-11-17(28)22-15(16(23)7-8-25(23,32)18(29)12-26)4-3-13-9-14(27)10-19(24(13,22)2)36-20(30)5-6-21(31)37-38(33,34)35;;/h9-10,15-17,22,26,28,32H,3-8,11-12H2,1-2H3,(H2,33,34,35);;/q;+1;-1/t15-,16-,17-,22+,23-,24+,25-;;/m0../s1. The number of rotatable bonds is 7. The van der Waals surface area contributed by atoms with Gasteiger partial charge in [-0.15, -0.1) is 0 Å². The summed E-state index contributed by atoms with van der Waals surface area (Å²) in [6.07, 6.45) is 2.13. The largest absolute Gasteiger partial charge is 1.00 e. The fourth-order valence-corrected chi connectivity index (χ4v) is 8.04. The molecule has 212 valence electrons. The van der Waals surface area contributed by atoms with Gasteiger partial charge in [0, 0.05) is 17.4 Å². The maximum atomic E-state index is 12.6. The van der Waals surface area contributed by atoms with E-state index in [9.17, 15) is 39.1 Å². The molecule has 4 aliphatic carbocycles. The Labute approximate surface area is 248 Å². The molecule has 3 saturated carbocycles. The number of phosphoric ester groups is 1. The van der Waals surface area contributed by atoms with E-state index < -0.39 is 79.2 Å². The normalized spacial score (nSPS) is 37.3. The number of aliphatic hydroxyl groups is 3. The van der Waals surface area contributed by atoms with Gasteiger partial charge in [-0.05, 0) is 56.9 Å². The van der Waals surface area contributed by atoms with E-state index in [2.05, 4.69) is 4.52 Å². The van der Waals surface area contributed by atoms with Crippen molar-refractivity contribution < 1.29 is 89.1 Å². The zero-order chi connectivity index (χ0) is 28.3. The number of Topliss-reactive ketones (excluding diaryl/α,β-unsaturated/α-hetero) is 1. The number of esters is 1. The van der Waals surface area contributed by atoms with Gasteiger partial charge in [0.25, 0.3) is 0 Å². The molecule has 0 spiro atoms. The minimum Gasteiger partial charge on any atom is -1.00 e. The van der Waals surface area contributed by atoms with Crippen molar-refractivity contribution in [1.29, 1.82) is 0 Å². The molecule has 0 aromatic heterocycles. The number of ketones is 2. The Bertz CT molecular complexity index is 1180. The van der Waals surface area contributed by atoms with Gasteiger partial charge >= 0.3 is 49.3 Å². The average Bonchev–Trinajstić information content (AvgIpc) is 3.07. The number of carbonyl (C=O) groups excluding carboxylic acids is 4. The van der Waals surface area contributed by atoms with Gasteiger partial charge in [-0.3, -0.25) is 29.0 Å². The van der Waals surface area contributed by atoms with Crippen molar-refractivity contribution in [2.45, 2.75) is 70.5 Å². The number of hydrogen-bond donors (Lipinski definition) is 5. The molecule has 4 aliphatic rings. The molecule has 4 rings (SSSR count). The molecule has 14 heteroatoms. The van der Waals surface area contributed by atoms with E-state index in [-0.39, 0.29) is 61.4 Å². The van der Waals surface area contributed by atoms with E-state index in [1.165, 1.54) is 12.2 Å². The summed E-state index contributed by atoms with van der Waals surface area (Å²) >= 11 is 0. The molecule has 5 N–H and O–H groups in total. The zero-order valence-electron chi connectivity index (χ0n) is 23.2. The topological polar surface area (TPSA) is 205 Å². The maximum Gasteiger partial charge on any atom is 1.00 e. The van der Waals surface area contributed by atoms with Crippen molar-refractivity contribution in [2.24, 2.45) is 28.6 Å². The van der Waals surface area contributed by atoms with Crippen molar-refractivity contribution in [1.82, 2.24) is 0 Å². The van der Waals surface area contributed by atoms with Crippen LogP contribution < -0.4 is 29.6 Å². The van der Waals surface area contributed by atoms with Crippen LogP contribution in [-0.2, 0) is 33.0 Å². The van der Waals surface area contributed by atoms with E-state index in [0.717, 1.165) is 0 Å². The molecule has 0 amide bonds. The molecule has 0 radical (unpaired) electrons. The van der Waals surface area contributed by atoms with Gasteiger partial charge in [0.1, 0.15) is 18.0 Å². The zero-order valence-corrected chi connectivity index (χ0v) is 25.1.